The Balaban J connectivity index is 4.25. The van der Waals surface area contributed by atoms with Gasteiger partial charge >= 0.3 is 11.9 Å². The fraction of sp³-hybridized carbons (Fsp3) is 0.750. The SMILES string of the molecule is CCCOC(=O)[C@H](CCC(=O)OCC)NC(C)=O. The topological polar surface area (TPSA) is 81.7 Å². The second-order valence-corrected chi connectivity index (χ2v) is 3.76. The van der Waals surface area contributed by atoms with Crippen molar-refractivity contribution in [3.05, 3.63) is 0 Å². The predicted octanol–water partition coefficient (Wildman–Crippen LogP) is 0.788. The van der Waals surface area contributed by atoms with Crippen molar-refractivity contribution >= 4 is 17.8 Å². The molecule has 1 atom stereocenters. The standard InChI is InChI=1S/C12H21NO5/c1-4-8-18-12(16)10(13-9(3)14)6-7-11(15)17-5-2/h10H,4-8H2,1-3H3,(H,13,14)/t10-/m0/s1. The van der Waals surface area contributed by atoms with Crippen LogP contribution in [-0.4, -0.2) is 37.1 Å². The van der Waals surface area contributed by atoms with E-state index in [1.807, 2.05) is 6.92 Å². The van der Waals surface area contributed by atoms with Crippen LogP contribution in [0.2, 0.25) is 0 Å². The van der Waals surface area contributed by atoms with Crippen LogP contribution in [0.4, 0.5) is 0 Å². The maximum Gasteiger partial charge on any atom is 0.328 e. The maximum absolute atomic E-state index is 11.6. The van der Waals surface area contributed by atoms with Gasteiger partial charge in [0.05, 0.1) is 13.2 Å². The van der Waals surface area contributed by atoms with Gasteiger partial charge in [0.1, 0.15) is 6.04 Å². The molecular weight excluding hydrogens is 238 g/mol. The minimum Gasteiger partial charge on any atom is -0.466 e. The summed E-state index contributed by atoms with van der Waals surface area (Å²) in [4.78, 5) is 33.8. The molecule has 0 radical (unpaired) electrons. The lowest BCUT2D eigenvalue weighted by molar-refractivity contribution is -0.149. The molecule has 0 aliphatic rings. The Bertz CT molecular complexity index is 290. The lowest BCUT2D eigenvalue weighted by Crippen LogP contribution is -2.41. The zero-order valence-electron chi connectivity index (χ0n) is 11.2. The first-order valence-corrected chi connectivity index (χ1v) is 6.10. The second kappa shape index (κ2) is 9.44. The third kappa shape index (κ3) is 7.65. The van der Waals surface area contributed by atoms with Gasteiger partial charge in [0.15, 0.2) is 0 Å². The van der Waals surface area contributed by atoms with Gasteiger partial charge in [-0.3, -0.25) is 9.59 Å². The molecule has 0 aromatic heterocycles. The number of rotatable bonds is 8. The third-order valence-electron chi connectivity index (χ3n) is 2.05. The van der Waals surface area contributed by atoms with Crippen molar-refractivity contribution in [3.8, 4) is 0 Å². The Morgan fingerprint density at radius 1 is 1.17 bits per heavy atom. The Kier molecular flexibility index (Phi) is 8.61. The Morgan fingerprint density at radius 2 is 1.83 bits per heavy atom. The number of carbonyl (C=O) groups excluding carboxylic acids is 3. The first-order chi connectivity index (χ1) is 8.51. The average molecular weight is 259 g/mol. The molecule has 0 spiro atoms. The molecule has 0 unspecified atom stereocenters. The number of carbonyl (C=O) groups is 3. The van der Waals surface area contributed by atoms with Crippen LogP contribution in [0.1, 0.15) is 40.0 Å². The van der Waals surface area contributed by atoms with Crippen LogP contribution in [0, 0.1) is 0 Å². The van der Waals surface area contributed by atoms with Gasteiger partial charge in [0.25, 0.3) is 0 Å². The van der Waals surface area contributed by atoms with Crippen LogP contribution in [0.15, 0.2) is 0 Å². The number of ether oxygens (including phenoxy) is 2. The summed E-state index contributed by atoms with van der Waals surface area (Å²) in [5.74, 6) is -1.25. The van der Waals surface area contributed by atoms with E-state index < -0.39 is 18.0 Å². The fourth-order valence-corrected chi connectivity index (χ4v) is 1.29. The van der Waals surface area contributed by atoms with Gasteiger partial charge in [-0.15, -0.1) is 0 Å². The highest BCUT2D eigenvalue weighted by Gasteiger charge is 2.22. The summed E-state index contributed by atoms with van der Waals surface area (Å²) in [6.07, 6.45) is 0.956. The highest BCUT2D eigenvalue weighted by Crippen LogP contribution is 2.02. The Morgan fingerprint density at radius 3 is 2.33 bits per heavy atom. The molecule has 0 heterocycles. The second-order valence-electron chi connectivity index (χ2n) is 3.76. The van der Waals surface area contributed by atoms with Gasteiger partial charge in [-0.1, -0.05) is 6.92 Å². The predicted molar refractivity (Wildman–Crippen MR) is 64.7 cm³/mol. The quantitative estimate of drug-likeness (QED) is 0.652. The molecular formula is C12H21NO5. The van der Waals surface area contributed by atoms with Gasteiger partial charge < -0.3 is 14.8 Å². The minimum absolute atomic E-state index is 0.0695. The monoisotopic (exact) mass is 259 g/mol. The molecule has 104 valence electrons. The first-order valence-electron chi connectivity index (χ1n) is 6.10. The van der Waals surface area contributed by atoms with E-state index in [1.54, 1.807) is 6.92 Å². The van der Waals surface area contributed by atoms with Crippen LogP contribution in [-0.2, 0) is 23.9 Å². The van der Waals surface area contributed by atoms with Crippen LogP contribution < -0.4 is 5.32 Å². The van der Waals surface area contributed by atoms with Crippen molar-refractivity contribution < 1.29 is 23.9 Å². The van der Waals surface area contributed by atoms with E-state index in [9.17, 15) is 14.4 Å². The Hall–Kier alpha value is -1.59. The highest BCUT2D eigenvalue weighted by atomic mass is 16.5. The van der Waals surface area contributed by atoms with Gasteiger partial charge in [0.2, 0.25) is 5.91 Å². The molecule has 0 aromatic carbocycles. The van der Waals surface area contributed by atoms with Crippen LogP contribution in [0.5, 0.6) is 0 Å². The molecule has 6 nitrogen and oxygen atoms in total. The number of nitrogens with one attached hydrogen (secondary N) is 1. The fourth-order valence-electron chi connectivity index (χ4n) is 1.29. The highest BCUT2D eigenvalue weighted by molar-refractivity contribution is 5.83. The summed E-state index contributed by atoms with van der Waals surface area (Å²) < 4.78 is 9.70. The molecule has 0 rings (SSSR count). The van der Waals surface area contributed by atoms with Gasteiger partial charge in [-0.05, 0) is 19.8 Å². The lowest BCUT2D eigenvalue weighted by atomic mass is 10.1. The van der Waals surface area contributed by atoms with Gasteiger partial charge in [-0.25, -0.2) is 4.79 Å². The van der Waals surface area contributed by atoms with Crippen LogP contribution >= 0.6 is 0 Å². The van der Waals surface area contributed by atoms with Crippen molar-refractivity contribution in [1.82, 2.24) is 5.32 Å². The Labute approximate surface area is 107 Å². The molecule has 0 saturated heterocycles. The minimum atomic E-state index is -0.793. The van der Waals surface area contributed by atoms with Crippen molar-refractivity contribution in [2.45, 2.75) is 46.1 Å². The number of hydrogen-bond acceptors (Lipinski definition) is 5. The van der Waals surface area contributed by atoms with Crippen molar-refractivity contribution in [2.24, 2.45) is 0 Å². The first kappa shape index (κ1) is 16.4. The van der Waals surface area contributed by atoms with E-state index in [2.05, 4.69) is 5.32 Å². The summed E-state index contributed by atoms with van der Waals surface area (Å²) in [5.41, 5.74) is 0. The largest absolute Gasteiger partial charge is 0.466 e. The van der Waals surface area contributed by atoms with E-state index in [0.29, 0.717) is 19.6 Å². The molecule has 0 aliphatic heterocycles. The van der Waals surface area contributed by atoms with E-state index in [0.717, 1.165) is 0 Å². The lowest BCUT2D eigenvalue weighted by Gasteiger charge is -2.16. The molecule has 0 bridgehead atoms. The molecule has 0 fully saturated rings. The van der Waals surface area contributed by atoms with Gasteiger partial charge in [0, 0.05) is 13.3 Å². The van der Waals surface area contributed by atoms with Gasteiger partial charge in [-0.2, -0.15) is 0 Å². The molecule has 18 heavy (non-hydrogen) atoms. The van der Waals surface area contributed by atoms with Crippen LogP contribution in [0.25, 0.3) is 0 Å². The summed E-state index contributed by atoms with van der Waals surface area (Å²) in [5, 5.41) is 2.46. The van der Waals surface area contributed by atoms with Crippen LogP contribution in [0.3, 0.4) is 0 Å². The summed E-state index contributed by atoms with van der Waals surface area (Å²) in [7, 11) is 0. The number of amides is 1. The number of hydrogen-bond donors (Lipinski definition) is 1. The normalized spacial score (nSPS) is 11.5. The molecule has 0 saturated carbocycles. The molecule has 1 N–H and O–H groups in total. The van der Waals surface area contributed by atoms with E-state index >= 15 is 0 Å². The summed E-state index contributed by atoms with van der Waals surface area (Å²) in [6, 6.07) is -0.793. The van der Waals surface area contributed by atoms with Crippen molar-refractivity contribution in [2.75, 3.05) is 13.2 Å². The summed E-state index contributed by atoms with van der Waals surface area (Å²) >= 11 is 0. The zero-order chi connectivity index (χ0) is 14.0. The number of esters is 2. The van der Waals surface area contributed by atoms with E-state index in [-0.39, 0.29) is 18.7 Å². The zero-order valence-corrected chi connectivity index (χ0v) is 11.2. The maximum atomic E-state index is 11.6. The molecule has 1 amide bonds. The average Bonchev–Trinajstić information content (AvgIpc) is 2.31. The van der Waals surface area contributed by atoms with E-state index in [1.165, 1.54) is 6.92 Å². The third-order valence-corrected chi connectivity index (χ3v) is 2.05. The molecule has 0 aromatic rings. The summed E-state index contributed by atoms with van der Waals surface area (Å²) in [6.45, 7) is 5.49. The smallest absolute Gasteiger partial charge is 0.328 e. The molecule has 0 aliphatic carbocycles. The van der Waals surface area contributed by atoms with Crippen molar-refractivity contribution in [1.29, 1.82) is 0 Å². The van der Waals surface area contributed by atoms with Crippen molar-refractivity contribution in [3.63, 3.8) is 0 Å². The van der Waals surface area contributed by atoms with E-state index in [4.69, 9.17) is 9.47 Å². The molecule has 6 heteroatoms.